The zero-order valence-electron chi connectivity index (χ0n) is 16.8. The van der Waals surface area contributed by atoms with Crippen LogP contribution in [0.25, 0.3) is 0 Å². The van der Waals surface area contributed by atoms with Gasteiger partial charge in [0.25, 0.3) is 5.56 Å². The van der Waals surface area contributed by atoms with Crippen molar-refractivity contribution in [2.45, 2.75) is 38.7 Å². The minimum atomic E-state index is -3.18. The first kappa shape index (κ1) is 20.9. The van der Waals surface area contributed by atoms with Crippen LogP contribution in [0.15, 0.2) is 16.9 Å². The van der Waals surface area contributed by atoms with Crippen LogP contribution in [0.2, 0.25) is 0 Å². The van der Waals surface area contributed by atoms with Gasteiger partial charge in [-0.3, -0.25) is 9.59 Å². The summed E-state index contributed by atoms with van der Waals surface area (Å²) in [6.45, 7) is 3.94. The molecule has 2 fully saturated rings. The van der Waals surface area contributed by atoms with Crippen LogP contribution >= 0.6 is 0 Å². The zero-order chi connectivity index (χ0) is 20.5. The van der Waals surface area contributed by atoms with Crippen molar-refractivity contribution in [2.24, 2.45) is 13.0 Å². The molecule has 8 nitrogen and oxygen atoms in total. The van der Waals surface area contributed by atoms with Crippen molar-refractivity contribution in [1.29, 1.82) is 0 Å². The van der Waals surface area contributed by atoms with E-state index in [1.165, 1.54) is 16.6 Å². The summed E-state index contributed by atoms with van der Waals surface area (Å²) in [5, 5.41) is 0. The van der Waals surface area contributed by atoms with Crippen LogP contribution in [0, 0.1) is 12.8 Å². The molecule has 3 heterocycles. The van der Waals surface area contributed by atoms with Crippen LogP contribution < -0.4 is 10.3 Å². The van der Waals surface area contributed by atoms with Crippen LogP contribution in [-0.4, -0.2) is 66.6 Å². The monoisotopic (exact) mass is 411 g/mol. The molecule has 9 heteroatoms. The average molecular weight is 412 g/mol. The molecule has 1 aromatic heterocycles. The first-order valence-corrected chi connectivity index (χ1v) is 11.6. The highest BCUT2D eigenvalue weighted by atomic mass is 32.2. The van der Waals surface area contributed by atoms with E-state index in [1.54, 1.807) is 11.6 Å². The molecule has 0 bridgehead atoms. The number of piperidine rings is 2. The first-order chi connectivity index (χ1) is 13.1. The Kier molecular flexibility index (Phi) is 6.14. The highest BCUT2D eigenvalue weighted by Gasteiger charge is 2.33. The number of likely N-dealkylation sites (tertiary alicyclic amines) is 1. The Balaban J connectivity index is 1.50. The summed E-state index contributed by atoms with van der Waals surface area (Å²) >= 11 is 0. The van der Waals surface area contributed by atoms with E-state index < -0.39 is 10.0 Å². The van der Waals surface area contributed by atoms with E-state index in [-0.39, 0.29) is 23.5 Å². The van der Waals surface area contributed by atoms with Gasteiger partial charge >= 0.3 is 0 Å². The third-order valence-electron chi connectivity index (χ3n) is 5.81. The van der Waals surface area contributed by atoms with Gasteiger partial charge in [0.05, 0.1) is 6.26 Å². The van der Waals surface area contributed by atoms with E-state index in [9.17, 15) is 18.0 Å². The van der Waals surface area contributed by atoms with Crippen molar-refractivity contribution in [2.75, 3.05) is 32.4 Å². The van der Waals surface area contributed by atoms with E-state index in [4.69, 9.17) is 4.74 Å². The molecule has 28 heavy (non-hydrogen) atoms. The zero-order valence-corrected chi connectivity index (χ0v) is 17.6. The molecule has 2 aliphatic heterocycles. The molecular formula is C19H29N3O5S. The molecule has 1 amide bonds. The van der Waals surface area contributed by atoms with Gasteiger partial charge < -0.3 is 14.2 Å². The molecule has 0 radical (unpaired) electrons. The standard InChI is InChI=1S/C19H29N3O5S/c1-14-12-17(13-18(23)20(14)2)27-16-6-8-21(9-7-16)19(24)15-4-10-22(11-5-15)28(3,25)26/h12-13,15-16H,4-11H2,1-3H3. The number of aromatic nitrogens is 1. The molecule has 0 spiro atoms. The predicted molar refractivity (Wildman–Crippen MR) is 106 cm³/mol. The summed E-state index contributed by atoms with van der Waals surface area (Å²) in [4.78, 5) is 26.5. The fraction of sp³-hybridized carbons (Fsp3) is 0.684. The second-order valence-electron chi connectivity index (χ2n) is 7.81. The van der Waals surface area contributed by atoms with Gasteiger partial charge in [0.1, 0.15) is 11.9 Å². The van der Waals surface area contributed by atoms with Gasteiger partial charge in [-0.05, 0) is 25.8 Å². The number of aryl methyl sites for hydroxylation is 1. The number of carbonyl (C=O) groups excluding carboxylic acids is 1. The fourth-order valence-corrected chi connectivity index (χ4v) is 4.76. The lowest BCUT2D eigenvalue weighted by atomic mass is 9.95. The number of carbonyl (C=O) groups is 1. The Labute approximate surface area is 166 Å². The third kappa shape index (κ3) is 4.75. The van der Waals surface area contributed by atoms with Gasteiger partial charge in [-0.2, -0.15) is 0 Å². The molecule has 0 saturated carbocycles. The summed E-state index contributed by atoms with van der Waals surface area (Å²) in [5.41, 5.74) is 0.749. The van der Waals surface area contributed by atoms with Crippen LogP contribution in [0.4, 0.5) is 0 Å². The van der Waals surface area contributed by atoms with Crippen molar-refractivity contribution in [3.63, 3.8) is 0 Å². The minimum absolute atomic E-state index is 0.0114. The van der Waals surface area contributed by atoms with Crippen molar-refractivity contribution in [1.82, 2.24) is 13.8 Å². The Morgan fingerprint density at radius 2 is 1.68 bits per heavy atom. The molecule has 156 valence electrons. The average Bonchev–Trinajstić information content (AvgIpc) is 2.65. The molecular weight excluding hydrogens is 382 g/mol. The highest BCUT2D eigenvalue weighted by molar-refractivity contribution is 7.88. The van der Waals surface area contributed by atoms with Gasteiger partial charge in [0.2, 0.25) is 15.9 Å². The summed E-state index contributed by atoms with van der Waals surface area (Å²) < 4.78 is 32.2. The lowest BCUT2D eigenvalue weighted by Gasteiger charge is -2.36. The van der Waals surface area contributed by atoms with E-state index in [0.29, 0.717) is 44.8 Å². The quantitative estimate of drug-likeness (QED) is 0.729. The Hall–Kier alpha value is -1.87. The molecule has 0 aromatic carbocycles. The lowest BCUT2D eigenvalue weighted by molar-refractivity contribution is -0.138. The number of rotatable bonds is 4. The number of ether oxygens (including phenoxy) is 1. The molecule has 0 aliphatic carbocycles. The Bertz CT molecular complexity index is 879. The second-order valence-corrected chi connectivity index (χ2v) is 9.79. The maximum Gasteiger partial charge on any atom is 0.254 e. The highest BCUT2D eigenvalue weighted by Crippen LogP contribution is 2.24. The molecule has 1 aromatic rings. The molecule has 0 atom stereocenters. The second kappa shape index (κ2) is 8.24. The number of nitrogens with zero attached hydrogens (tertiary/aromatic N) is 3. The summed E-state index contributed by atoms with van der Waals surface area (Å²) in [7, 11) is -1.45. The smallest absolute Gasteiger partial charge is 0.254 e. The van der Waals surface area contributed by atoms with Crippen LogP contribution in [0.5, 0.6) is 5.75 Å². The Morgan fingerprint density at radius 1 is 1.07 bits per heavy atom. The fourth-order valence-electron chi connectivity index (χ4n) is 3.88. The van der Waals surface area contributed by atoms with E-state index in [1.807, 2.05) is 17.9 Å². The number of hydrogen-bond donors (Lipinski definition) is 0. The molecule has 2 saturated heterocycles. The SMILES string of the molecule is Cc1cc(OC2CCN(C(=O)C3CCN(S(C)(=O)=O)CC3)CC2)cc(=O)n1C. The van der Waals surface area contributed by atoms with Crippen molar-refractivity contribution in [3.8, 4) is 5.75 Å². The number of pyridine rings is 1. The van der Waals surface area contributed by atoms with Gasteiger partial charge in [-0.1, -0.05) is 0 Å². The third-order valence-corrected chi connectivity index (χ3v) is 7.11. The van der Waals surface area contributed by atoms with Gasteiger partial charge in [-0.25, -0.2) is 12.7 Å². The van der Waals surface area contributed by atoms with Crippen LogP contribution in [0.3, 0.4) is 0 Å². The lowest BCUT2D eigenvalue weighted by Crippen LogP contribution is -2.47. The van der Waals surface area contributed by atoms with Crippen LogP contribution in [-0.2, 0) is 21.9 Å². The number of sulfonamides is 1. The largest absolute Gasteiger partial charge is 0.490 e. The maximum atomic E-state index is 12.8. The van der Waals surface area contributed by atoms with Crippen molar-refractivity contribution >= 4 is 15.9 Å². The van der Waals surface area contributed by atoms with Gasteiger partial charge in [0.15, 0.2) is 0 Å². The minimum Gasteiger partial charge on any atom is -0.490 e. The normalized spacial score (nSPS) is 20.3. The van der Waals surface area contributed by atoms with Gasteiger partial charge in [-0.15, -0.1) is 0 Å². The first-order valence-electron chi connectivity index (χ1n) is 9.73. The molecule has 0 unspecified atom stereocenters. The van der Waals surface area contributed by atoms with Crippen molar-refractivity contribution in [3.05, 3.63) is 28.2 Å². The Morgan fingerprint density at radius 3 is 2.21 bits per heavy atom. The topological polar surface area (TPSA) is 88.9 Å². The maximum absolute atomic E-state index is 12.8. The van der Waals surface area contributed by atoms with E-state index in [0.717, 1.165) is 18.5 Å². The summed E-state index contributed by atoms with van der Waals surface area (Å²) in [5.74, 6) is 0.602. The van der Waals surface area contributed by atoms with Gasteiger partial charge in [0, 0.05) is 63.7 Å². The summed E-state index contributed by atoms with van der Waals surface area (Å²) in [6, 6.07) is 3.36. The summed E-state index contributed by atoms with van der Waals surface area (Å²) in [6.07, 6.45) is 3.81. The predicted octanol–water partition coefficient (Wildman–Crippen LogP) is 0.735. The van der Waals surface area contributed by atoms with E-state index >= 15 is 0 Å². The number of hydrogen-bond acceptors (Lipinski definition) is 5. The van der Waals surface area contributed by atoms with Crippen molar-refractivity contribution < 1.29 is 17.9 Å². The van der Waals surface area contributed by atoms with E-state index in [2.05, 4.69) is 0 Å². The van der Waals surface area contributed by atoms with Crippen LogP contribution in [0.1, 0.15) is 31.4 Å². The molecule has 0 N–H and O–H groups in total. The molecule has 3 rings (SSSR count). The number of amides is 1. The molecule has 2 aliphatic rings.